The van der Waals surface area contributed by atoms with E-state index in [0.29, 0.717) is 5.69 Å². The molecule has 1 aromatic carbocycles. The minimum absolute atomic E-state index is 0.463. The van der Waals surface area contributed by atoms with Crippen LogP contribution in [0.15, 0.2) is 18.2 Å². The van der Waals surface area contributed by atoms with Gasteiger partial charge in [-0.15, -0.1) is 0 Å². The van der Waals surface area contributed by atoms with Crippen molar-refractivity contribution in [3.63, 3.8) is 0 Å². The Morgan fingerprint density at radius 2 is 1.95 bits per heavy atom. The molecule has 7 heteroatoms. The zero-order valence-electron chi connectivity index (χ0n) is 11.3. The summed E-state index contributed by atoms with van der Waals surface area (Å²) in [6.45, 7) is 3.68. The van der Waals surface area contributed by atoms with Crippen LogP contribution in [-0.4, -0.2) is 29.1 Å². The van der Waals surface area contributed by atoms with Crippen molar-refractivity contribution in [2.24, 2.45) is 5.73 Å². The van der Waals surface area contributed by atoms with Gasteiger partial charge in [0.1, 0.15) is 6.04 Å². The molecule has 108 valence electrons. The van der Waals surface area contributed by atoms with Crippen molar-refractivity contribution < 1.29 is 19.5 Å². The number of urea groups is 1. The highest BCUT2D eigenvalue weighted by atomic mass is 16.4. The summed E-state index contributed by atoms with van der Waals surface area (Å²) in [6.07, 6.45) is -0.463. The van der Waals surface area contributed by atoms with Crippen molar-refractivity contribution in [1.82, 2.24) is 5.32 Å². The number of aliphatic carboxylic acids is 1. The first-order valence-corrected chi connectivity index (χ1v) is 5.95. The van der Waals surface area contributed by atoms with Gasteiger partial charge in [-0.1, -0.05) is 12.1 Å². The SMILES string of the molecule is Cc1ccc(C)c(NC(=O)N[C@@H](CC(N)=O)C(=O)O)c1. The lowest BCUT2D eigenvalue weighted by Crippen LogP contribution is -2.45. The largest absolute Gasteiger partial charge is 0.480 e. The van der Waals surface area contributed by atoms with E-state index >= 15 is 0 Å². The molecule has 0 radical (unpaired) electrons. The fourth-order valence-electron chi connectivity index (χ4n) is 1.59. The lowest BCUT2D eigenvalue weighted by atomic mass is 10.1. The molecule has 20 heavy (non-hydrogen) atoms. The summed E-state index contributed by atoms with van der Waals surface area (Å²) in [5, 5.41) is 13.6. The van der Waals surface area contributed by atoms with Gasteiger partial charge in [0.15, 0.2) is 0 Å². The molecule has 1 aromatic rings. The number of rotatable bonds is 5. The number of anilines is 1. The number of carbonyl (C=O) groups excluding carboxylic acids is 2. The van der Waals surface area contributed by atoms with Gasteiger partial charge in [-0.05, 0) is 31.0 Å². The number of primary amides is 1. The number of aryl methyl sites for hydroxylation is 2. The summed E-state index contributed by atoms with van der Waals surface area (Å²) >= 11 is 0. The lowest BCUT2D eigenvalue weighted by Gasteiger charge is -2.15. The van der Waals surface area contributed by atoms with Gasteiger partial charge in [-0.25, -0.2) is 9.59 Å². The quantitative estimate of drug-likeness (QED) is 0.635. The molecule has 3 amide bonds. The molecule has 0 aliphatic heterocycles. The smallest absolute Gasteiger partial charge is 0.326 e. The molecule has 7 nitrogen and oxygen atoms in total. The predicted octanol–water partition coefficient (Wildman–Crippen LogP) is 0.754. The van der Waals surface area contributed by atoms with Crippen LogP contribution in [0.3, 0.4) is 0 Å². The Bertz CT molecular complexity index is 542. The van der Waals surface area contributed by atoms with Crippen LogP contribution in [0.1, 0.15) is 17.5 Å². The number of nitrogens with one attached hydrogen (secondary N) is 2. The molecular formula is C13H17N3O4. The summed E-state index contributed by atoms with van der Waals surface area (Å²) < 4.78 is 0. The van der Waals surface area contributed by atoms with Crippen LogP contribution >= 0.6 is 0 Å². The summed E-state index contributed by atoms with van der Waals surface area (Å²) in [5.41, 5.74) is 7.30. The monoisotopic (exact) mass is 279 g/mol. The highest BCUT2D eigenvalue weighted by molar-refractivity contribution is 5.94. The maximum Gasteiger partial charge on any atom is 0.326 e. The first-order valence-electron chi connectivity index (χ1n) is 5.95. The maximum atomic E-state index is 11.7. The van der Waals surface area contributed by atoms with Crippen molar-refractivity contribution in [2.75, 3.05) is 5.32 Å². The van der Waals surface area contributed by atoms with Crippen molar-refractivity contribution in [3.8, 4) is 0 Å². The van der Waals surface area contributed by atoms with Gasteiger partial charge in [-0.3, -0.25) is 4.79 Å². The van der Waals surface area contributed by atoms with Crippen LogP contribution in [0.25, 0.3) is 0 Å². The summed E-state index contributed by atoms with van der Waals surface area (Å²) in [6, 6.07) is 3.44. The molecule has 0 bridgehead atoms. The third kappa shape index (κ3) is 4.60. The molecule has 5 N–H and O–H groups in total. The molecule has 0 aromatic heterocycles. The Kier molecular flexibility index (Phi) is 5.08. The minimum Gasteiger partial charge on any atom is -0.480 e. The first kappa shape index (κ1) is 15.5. The second kappa shape index (κ2) is 6.55. The number of benzene rings is 1. The number of nitrogens with two attached hydrogens (primary N) is 1. The molecule has 0 aliphatic carbocycles. The number of hydrogen-bond acceptors (Lipinski definition) is 3. The number of carboxylic acids is 1. The number of carboxylic acid groups (broad SMARTS) is 1. The second-order valence-electron chi connectivity index (χ2n) is 4.48. The van der Waals surface area contributed by atoms with E-state index in [9.17, 15) is 14.4 Å². The van der Waals surface area contributed by atoms with E-state index in [-0.39, 0.29) is 0 Å². The van der Waals surface area contributed by atoms with E-state index in [1.807, 2.05) is 26.0 Å². The van der Waals surface area contributed by atoms with Crippen molar-refractivity contribution in [2.45, 2.75) is 26.3 Å². The number of carbonyl (C=O) groups is 3. The Morgan fingerprint density at radius 1 is 1.30 bits per heavy atom. The topological polar surface area (TPSA) is 122 Å². The zero-order valence-corrected chi connectivity index (χ0v) is 11.3. The third-order valence-electron chi connectivity index (χ3n) is 2.65. The number of hydrogen-bond donors (Lipinski definition) is 4. The van der Waals surface area contributed by atoms with Crippen LogP contribution in [-0.2, 0) is 9.59 Å². The molecule has 1 rings (SSSR count). The Labute approximate surface area is 116 Å². The highest BCUT2D eigenvalue weighted by Crippen LogP contribution is 2.16. The van der Waals surface area contributed by atoms with Crippen LogP contribution in [0, 0.1) is 13.8 Å². The third-order valence-corrected chi connectivity index (χ3v) is 2.65. The van der Waals surface area contributed by atoms with E-state index in [2.05, 4.69) is 10.6 Å². The lowest BCUT2D eigenvalue weighted by molar-refractivity contribution is -0.140. The van der Waals surface area contributed by atoms with Crippen LogP contribution in [0.4, 0.5) is 10.5 Å². The van der Waals surface area contributed by atoms with Crippen LogP contribution < -0.4 is 16.4 Å². The van der Waals surface area contributed by atoms with E-state index in [1.54, 1.807) is 6.07 Å². The summed E-state index contributed by atoms with van der Waals surface area (Å²) in [7, 11) is 0. The second-order valence-corrected chi connectivity index (χ2v) is 4.48. The average molecular weight is 279 g/mol. The van der Waals surface area contributed by atoms with Crippen molar-refractivity contribution >= 4 is 23.6 Å². The van der Waals surface area contributed by atoms with Crippen molar-refractivity contribution in [1.29, 1.82) is 0 Å². The van der Waals surface area contributed by atoms with Gasteiger partial charge >= 0.3 is 12.0 Å². The summed E-state index contributed by atoms with van der Waals surface area (Å²) in [4.78, 5) is 33.4. The average Bonchev–Trinajstić information content (AvgIpc) is 2.32. The highest BCUT2D eigenvalue weighted by Gasteiger charge is 2.22. The zero-order chi connectivity index (χ0) is 15.3. The van der Waals surface area contributed by atoms with Crippen molar-refractivity contribution in [3.05, 3.63) is 29.3 Å². The fourth-order valence-corrected chi connectivity index (χ4v) is 1.59. The maximum absolute atomic E-state index is 11.7. The molecule has 0 saturated heterocycles. The van der Waals surface area contributed by atoms with Gasteiger partial charge < -0.3 is 21.5 Å². The van der Waals surface area contributed by atoms with Gasteiger partial charge in [0.25, 0.3) is 0 Å². The number of amides is 3. The van der Waals surface area contributed by atoms with E-state index in [0.717, 1.165) is 11.1 Å². The first-order chi connectivity index (χ1) is 9.29. The standard InChI is InChI=1S/C13H17N3O4/c1-7-3-4-8(2)9(5-7)15-13(20)16-10(12(18)19)6-11(14)17/h3-5,10H,6H2,1-2H3,(H2,14,17)(H,18,19)(H2,15,16,20)/t10-/m0/s1. The molecule has 0 saturated carbocycles. The minimum atomic E-state index is -1.35. The Balaban J connectivity index is 2.72. The normalized spacial score (nSPS) is 11.5. The molecule has 1 atom stereocenters. The van der Waals surface area contributed by atoms with Crippen LogP contribution in [0.2, 0.25) is 0 Å². The molecule has 0 spiro atoms. The van der Waals surface area contributed by atoms with E-state index in [4.69, 9.17) is 10.8 Å². The van der Waals surface area contributed by atoms with Gasteiger partial charge in [0, 0.05) is 5.69 Å². The van der Waals surface area contributed by atoms with E-state index in [1.165, 1.54) is 0 Å². The molecule has 0 aliphatic rings. The summed E-state index contributed by atoms with van der Waals surface area (Å²) in [5.74, 6) is -2.12. The Morgan fingerprint density at radius 3 is 2.50 bits per heavy atom. The molecule has 0 heterocycles. The van der Waals surface area contributed by atoms with Gasteiger partial charge in [0.2, 0.25) is 5.91 Å². The Hall–Kier alpha value is -2.57. The van der Waals surface area contributed by atoms with Gasteiger partial charge in [0.05, 0.1) is 6.42 Å². The molecule has 0 unspecified atom stereocenters. The molecular weight excluding hydrogens is 262 g/mol. The van der Waals surface area contributed by atoms with Gasteiger partial charge in [-0.2, -0.15) is 0 Å². The fraction of sp³-hybridized carbons (Fsp3) is 0.308. The predicted molar refractivity (Wildman–Crippen MR) is 73.3 cm³/mol. The van der Waals surface area contributed by atoms with Crippen LogP contribution in [0.5, 0.6) is 0 Å². The van der Waals surface area contributed by atoms with E-state index < -0.39 is 30.4 Å². The molecule has 0 fully saturated rings.